The fourth-order valence-electron chi connectivity index (χ4n) is 1.67. The standard InChI is InChI=1S/C15H18F2N4OS2/c1-8(2)7-18-14-20-21-15(24-14)23-9(3)13(22)19-12-10(16)5-4-6-11(12)17/h4-6,8-9H,7H2,1-3H3,(H,18,20)(H,19,22)/t9-/m1/s1. The quantitative estimate of drug-likeness (QED) is 0.719. The largest absolute Gasteiger partial charge is 0.360 e. The average molecular weight is 372 g/mol. The van der Waals surface area contributed by atoms with Gasteiger partial charge in [-0.15, -0.1) is 10.2 Å². The highest BCUT2D eigenvalue weighted by molar-refractivity contribution is 8.02. The minimum absolute atomic E-state index is 0.438. The van der Waals surface area contributed by atoms with Crippen LogP contribution in [0.4, 0.5) is 19.6 Å². The molecule has 1 heterocycles. The third kappa shape index (κ3) is 5.13. The smallest absolute Gasteiger partial charge is 0.237 e. The number of halogens is 2. The number of thioether (sulfide) groups is 1. The molecule has 24 heavy (non-hydrogen) atoms. The summed E-state index contributed by atoms with van der Waals surface area (Å²) in [7, 11) is 0. The molecule has 1 atom stereocenters. The minimum Gasteiger partial charge on any atom is -0.360 e. The van der Waals surface area contributed by atoms with E-state index in [0.29, 0.717) is 15.4 Å². The first-order valence-electron chi connectivity index (χ1n) is 7.35. The number of hydrogen-bond donors (Lipinski definition) is 2. The summed E-state index contributed by atoms with van der Waals surface area (Å²) in [6, 6.07) is 3.42. The van der Waals surface area contributed by atoms with Gasteiger partial charge in [-0.05, 0) is 25.0 Å². The Bertz CT molecular complexity index is 688. The van der Waals surface area contributed by atoms with Gasteiger partial charge in [-0.2, -0.15) is 0 Å². The number of aromatic nitrogens is 2. The normalized spacial score (nSPS) is 12.2. The van der Waals surface area contributed by atoms with Crippen molar-refractivity contribution in [1.82, 2.24) is 10.2 Å². The number of nitrogens with zero attached hydrogens (tertiary/aromatic N) is 2. The van der Waals surface area contributed by atoms with Crippen LogP contribution in [0, 0.1) is 17.6 Å². The fourth-order valence-corrected chi connectivity index (χ4v) is 3.57. The van der Waals surface area contributed by atoms with Gasteiger partial charge in [0.2, 0.25) is 11.0 Å². The van der Waals surface area contributed by atoms with Gasteiger partial charge in [0.15, 0.2) is 4.34 Å². The molecule has 1 aromatic carbocycles. The van der Waals surface area contributed by atoms with Crippen molar-refractivity contribution in [2.75, 3.05) is 17.2 Å². The van der Waals surface area contributed by atoms with Crippen LogP contribution in [0.3, 0.4) is 0 Å². The number of carbonyl (C=O) groups is 1. The molecular weight excluding hydrogens is 354 g/mol. The van der Waals surface area contributed by atoms with E-state index in [1.165, 1.54) is 29.2 Å². The second-order valence-corrected chi connectivity index (χ2v) is 8.06. The number of benzene rings is 1. The Labute approximate surface area is 147 Å². The summed E-state index contributed by atoms with van der Waals surface area (Å²) in [6.45, 7) is 6.58. The molecule has 1 aromatic heterocycles. The lowest BCUT2D eigenvalue weighted by Crippen LogP contribution is -2.23. The van der Waals surface area contributed by atoms with Gasteiger partial charge in [0.1, 0.15) is 17.3 Å². The van der Waals surface area contributed by atoms with E-state index in [-0.39, 0.29) is 0 Å². The average Bonchev–Trinajstić information content (AvgIpc) is 2.96. The Balaban J connectivity index is 1.94. The van der Waals surface area contributed by atoms with Crippen molar-refractivity contribution in [3.63, 3.8) is 0 Å². The maximum Gasteiger partial charge on any atom is 0.237 e. The molecule has 0 saturated carbocycles. The molecule has 0 aliphatic carbocycles. The minimum atomic E-state index is -0.809. The van der Waals surface area contributed by atoms with Crippen LogP contribution in [0.25, 0.3) is 0 Å². The molecule has 0 radical (unpaired) electrons. The molecule has 2 aromatic rings. The van der Waals surface area contributed by atoms with Gasteiger partial charge in [0.05, 0.1) is 5.25 Å². The SMILES string of the molecule is CC(C)CNc1nnc(S[C@H](C)C(=O)Nc2c(F)cccc2F)s1. The van der Waals surface area contributed by atoms with Crippen molar-refractivity contribution in [2.24, 2.45) is 5.92 Å². The van der Waals surface area contributed by atoms with Crippen molar-refractivity contribution in [2.45, 2.75) is 30.4 Å². The number of carbonyl (C=O) groups excluding carboxylic acids is 1. The fraction of sp³-hybridized carbons (Fsp3) is 0.400. The number of hydrogen-bond acceptors (Lipinski definition) is 6. The van der Waals surface area contributed by atoms with Crippen molar-refractivity contribution in [1.29, 1.82) is 0 Å². The Kier molecular flexibility index (Phi) is 6.50. The van der Waals surface area contributed by atoms with Gasteiger partial charge < -0.3 is 10.6 Å². The van der Waals surface area contributed by atoms with Gasteiger partial charge in [0, 0.05) is 6.54 Å². The molecule has 2 rings (SSSR count). The van der Waals surface area contributed by atoms with Crippen LogP contribution in [-0.4, -0.2) is 27.9 Å². The first-order valence-corrected chi connectivity index (χ1v) is 9.05. The van der Waals surface area contributed by atoms with Crippen LogP contribution >= 0.6 is 23.1 Å². The summed E-state index contributed by atoms with van der Waals surface area (Å²) in [5.41, 5.74) is -0.438. The summed E-state index contributed by atoms with van der Waals surface area (Å²) in [6.07, 6.45) is 0. The number of para-hydroxylation sites is 1. The molecule has 2 N–H and O–H groups in total. The van der Waals surface area contributed by atoms with E-state index in [9.17, 15) is 13.6 Å². The second-order valence-electron chi connectivity index (χ2n) is 5.49. The van der Waals surface area contributed by atoms with Crippen molar-refractivity contribution < 1.29 is 13.6 Å². The summed E-state index contributed by atoms with van der Waals surface area (Å²) >= 11 is 2.52. The maximum atomic E-state index is 13.6. The van der Waals surface area contributed by atoms with E-state index < -0.39 is 28.5 Å². The summed E-state index contributed by atoms with van der Waals surface area (Å²) in [4.78, 5) is 12.1. The van der Waals surface area contributed by atoms with E-state index in [4.69, 9.17) is 0 Å². The van der Waals surface area contributed by atoms with E-state index >= 15 is 0 Å². The van der Waals surface area contributed by atoms with Crippen molar-refractivity contribution in [3.05, 3.63) is 29.8 Å². The van der Waals surface area contributed by atoms with Gasteiger partial charge in [-0.1, -0.05) is 43.0 Å². The number of amides is 1. The number of nitrogens with one attached hydrogen (secondary N) is 2. The van der Waals surface area contributed by atoms with E-state index in [0.717, 1.165) is 18.7 Å². The molecule has 0 saturated heterocycles. The molecule has 0 fully saturated rings. The Morgan fingerprint density at radius 2 is 1.92 bits per heavy atom. The van der Waals surface area contributed by atoms with Crippen molar-refractivity contribution >= 4 is 39.8 Å². The van der Waals surface area contributed by atoms with Gasteiger partial charge >= 0.3 is 0 Å². The molecule has 9 heteroatoms. The molecule has 0 aliphatic heterocycles. The Morgan fingerprint density at radius 1 is 1.25 bits per heavy atom. The molecule has 130 valence electrons. The number of rotatable bonds is 7. The summed E-state index contributed by atoms with van der Waals surface area (Å²) in [5, 5.41) is 13.5. The first kappa shape index (κ1) is 18.6. The van der Waals surface area contributed by atoms with Crippen LogP contribution in [0.1, 0.15) is 20.8 Å². The topological polar surface area (TPSA) is 66.9 Å². The lowest BCUT2D eigenvalue weighted by atomic mass is 10.2. The maximum absolute atomic E-state index is 13.6. The van der Waals surface area contributed by atoms with E-state index in [1.807, 2.05) is 0 Å². The lowest BCUT2D eigenvalue weighted by molar-refractivity contribution is -0.115. The van der Waals surface area contributed by atoms with Gasteiger partial charge in [-0.25, -0.2) is 8.78 Å². The zero-order valence-corrected chi connectivity index (χ0v) is 15.1. The second kappa shape index (κ2) is 8.39. The van der Waals surface area contributed by atoms with E-state index in [2.05, 4.69) is 34.7 Å². The molecule has 1 amide bonds. The zero-order valence-electron chi connectivity index (χ0n) is 13.5. The molecule has 5 nitrogen and oxygen atoms in total. The van der Waals surface area contributed by atoms with Gasteiger partial charge in [-0.3, -0.25) is 4.79 Å². The predicted octanol–water partition coefficient (Wildman–Crippen LogP) is 4.00. The molecular formula is C15H18F2N4OS2. The summed E-state index contributed by atoms with van der Waals surface area (Å²) < 4.78 is 27.7. The zero-order chi connectivity index (χ0) is 17.7. The van der Waals surface area contributed by atoms with Gasteiger partial charge in [0.25, 0.3) is 0 Å². The highest BCUT2D eigenvalue weighted by Gasteiger charge is 2.20. The number of anilines is 2. The Morgan fingerprint density at radius 3 is 2.54 bits per heavy atom. The molecule has 0 spiro atoms. The van der Waals surface area contributed by atoms with Crippen LogP contribution in [0.15, 0.2) is 22.5 Å². The van der Waals surface area contributed by atoms with Crippen molar-refractivity contribution in [3.8, 4) is 0 Å². The van der Waals surface area contributed by atoms with Crippen LogP contribution in [0.5, 0.6) is 0 Å². The summed E-state index contributed by atoms with van der Waals surface area (Å²) in [5.74, 6) is -1.64. The Hall–Kier alpha value is -1.74. The molecule has 0 aliphatic rings. The molecule has 0 bridgehead atoms. The monoisotopic (exact) mass is 372 g/mol. The third-order valence-corrected chi connectivity index (χ3v) is 4.99. The highest BCUT2D eigenvalue weighted by atomic mass is 32.2. The molecule has 0 unspecified atom stereocenters. The lowest BCUT2D eigenvalue weighted by Gasteiger charge is -2.11. The first-order chi connectivity index (χ1) is 11.4. The van der Waals surface area contributed by atoms with Crippen LogP contribution < -0.4 is 10.6 Å². The highest BCUT2D eigenvalue weighted by Crippen LogP contribution is 2.30. The van der Waals surface area contributed by atoms with Crippen LogP contribution in [-0.2, 0) is 4.79 Å². The third-order valence-electron chi connectivity index (χ3n) is 2.93. The van der Waals surface area contributed by atoms with E-state index in [1.54, 1.807) is 6.92 Å². The predicted molar refractivity (Wildman–Crippen MR) is 93.5 cm³/mol. The van der Waals surface area contributed by atoms with Crippen LogP contribution in [0.2, 0.25) is 0 Å².